The Labute approximate surface area is 308 Å². The maximum atomic E-state index is 13.7. The number of allylic oxidation sites excluding steroid dienone is 1. The maximum Gasteiger partial charge on any atom is 0.306 e. The molecule has 0 spiro atoms. The van der Waals surface area contributed by atoms with Crippen molar-refractivity contribution in [1.29, 1.82) is 0 Å². The van der Waals surface area contributed by atoms with Crippen LogP contribution in [0.25, 0.3) is 0 Å². The van der Waals surface area contributed by atoms with Gasteiger partial charge >= 0.3 is 11.9 Å². The monoisotopic (exact) mass is 711 g/mol. The van der Waals surface area contributed by atoms with Gasteiger partial charge in [0, 0.05) is 31.5 Å². The Morgan fingerprint density at radius 3 is 2.33 bits per heavy atom. The van der Waals surface area contributed by atoms with Crippen molar-refractivity contribution in [2.45, 2.75) is 151 Å². The Balaban J connectivity index is 1.20. The molecular formula is C43H70N2O6. The molecule has 0 aromatic carbocycles. The molecule has 1 aliphatic heterocycles. The molecule has 1 amide bonds. The largest absolute Gasteiger partial charge is 0.481 e. The normalized spacial score (nSPS) is 43.1. The van der Waals surface area contributed by atoms with Crippen LogP contribution in [0, 0.1) is 62.1 Å². The Morgan fingerprint density at radius 1 is 0.922 bits per heavy atom. The molecule has 51 heavy (non-hydrogen) atoms. The van der Waals surface area contributed by atoms with Gasteiger partial charge in [-0.25, -0.2) is 0 Å². The van der Waals surface area contributed by atoms with Gasteiger partial charge in [-0.05, 0) is 128 Å². The van der Waals surface area contributed by atoms with Crippen molar-refractivity contribution in [2.24, 2.45) is 62.1 Å². The third-order valence-electron chi connectivity index (χ3n) is 16.7. The van der Waals surface area contributed by atoms with Gasteiger partial charge in [0.25, 0.3) is 0 Å². The van der Waals surface area contributed by atoms with E-state index in [0.717, 1.165) is 51.6 Å². The summed E-state index contributed by atoms with van der Waals surface area (Å²) in [6.07, 6.45) is 11.8. The predicted molar refractivity (Wildman–Crippen MR) is 200 cm³/mol. The number of amides is 1. The van der Waals surface area contributed by atoms with E-state index in [1.807, 2.05) is 13.8 Å². The van der Waals surface area contributed by atoms with Crippen LogP contribution < -0.4 is 10.6 Å². The molecule has 0 bridgehead atoms. The quantitative estimate of drug-likeness (QED) is 0.156. The smallest absolute Gasteiger partial charge is 0.306 e. The molecule has 8 nitrogen and oxygen atoms in total. The topological polar surface area (TPSA) is 114 Å². The van der Waals surface area contributed by atoms with Crippen LogP contribution in [0.4, 0.5) is 0 Å². The number of hydrogen-bond donors (Lipinski definition) is 3. The molecule has 8 heteroatoms. The SMILES string of the molecule is C=C(C)[C@@H]1CC[C@]2(CC(=O)NCC3CNCCO3)CC[C@]3(C)[C@H](CCC4[C@@]5(C)CC[C@H](OC(=O)CC(C)(C)CC(=O)O)C(C)(C)C5CC[C@]43C)[C@@H]12. The van der Waals surface area contributed by atoms with Gasteiger partial charge in [0.15, 0.2) is 0 Å². The van der Waals surface area contributed by atoms with Gasteiger partial charge in [-0.1, -0.05) is 60.6 Å². The highest BCUT2D eigenvalue weighted by atomic mass is 16.5. The second-order valence-electron chi connectivity index (χ2n) is 20.5. The predicted octanol–water partition coefficient (Wildman–Crippen LogP) is 7.94. The van der Waals surface area contributed by atoms with Crippen LogP contribution in [0.2, 0.25) is 0 Å². The first-order valence-electron chi connectivity index (χ1n) is 20.4. The molecule has 0 aromatic rings. The fraction of sp³-hybridized carbons (Fsp3) is 0.884. The van der Waals surface area contributed by atoms with E-state index in [-0.39, 0.29) is 64.0 Å². The van der Waals surface area contributed by atoms with E-state index >= 15 is 0 Å². The average Bonchev–Trinajstić information content (AvgIpc) is 3.41. The van der Waals surface area contributed by atoms with Gasteiger partial charge < -0.3 is 25.2 Å². The number of morpholine rings is 1. The number of aliphatic carboxylic acids is 1. The maximum absolute atomic E-state index is 13.7. The molecule has 6 rings (SSSR count). The van der Waals surface area contributed by atoms with Crippen molar-refractivity contribution in [3.63, 3.8) is 0 Å². The summed E-state index contributed by atoms with van der Waals surface area (Å²) in [5.41, 5.74) is 1.09. The van der Waals surface area contributed by atoms with E-state index in [9.17, 15) is 19.5 Å². The van der Waals surface area contributed by atoms with E-state index in [1.54, 1.807) is 0 Å². The Hall–Kier alpha value is -1.93. The van der Waals surface area contributed by atoms with E-state index in [1.165, 1.54) is 31.3 Å². The number of carbonyl (C=O) groups excluding carboxylic acids is 2. The number of rotatable bonds is 10. The van der Waals surface area contributed by atoms with Crippen molar-refractivity contribution in [2.75, 3.05) is 26.2 Å². The van der Waals surface area contributed by atoms with Crippen LogP contribution in [0.15, 0.2) is 12.2 Å². The lowest BCUT2D eigenvalue weighted by Gasteiger charge is -2.73. The fourth-order valence-corrected chi connectivity index (χ4v) is 14.2. The van der Waals surface area contributed by atoms with E-state index in [4.69, 9.17) is 9.47 Å². The van der Waals surface area contributed by atoms with Crippen LogP contribution in [0.3, 0.4) is 0 Å². The molecule has 6 aliphatic rings. The molecular weight excluding hydrogens is 640 g/mol. The second kappa shape index (κ2) is 13.7. The molecule has 3 unspecified atom stereocenters. The first kappa shape index (κ1) is 38.8. The van der Waals surface area contributed by atoms with E-state index in [2.05, 4.69) is 58.8 Å². The Morgan fingerprint density at radius 2 is 1.67 bits per heavy atom. The van der Waals surface area contributed by atoms with Crippen LogP contribution in [0.5, 0.6) is 0 Å². The van der Waals surface area contributed by atoms with Gasteiger partial charge in [-0.15, -0.1) is 0 Å². The average molecular weight is 711 g/mol. The number of carboxylic acids is 1. The van der Waals surface area contributed by atoms with Gasteiger partial charge in [-0.3, -0.25) is 14.4 Å². The minimum Gasteiger partial charge on any atom is -0.481 e. The molecule has 0 aromatic heterocycles. The highest BCUT2D eigenvalue weighted by Crippen LogP contribution is 2.78. The zero-order valence-electron chi connectivity index (χ0n) is 33.3. The summed E-state index contributed by atoms with van der Waals surface area (Å²) in [5, 5.41) is 16.0. The third kappa shape index (κ3) is 6.74. The molecule has 11 atom stereocenters. The first-order chi connectivity index (χ1) is 23.8. The van der Waals surface area contributed by atoms with Crippen LogP contribution >= 0.6 is 0 Å². The summed E-state index contributed by atoms with van der Waals surface area (Å²) in [6, 6.07) is 0. The van der Waals surface area contributed by atoms with Crippen molar-refractivity contribution in [3.05, 3.63) is 12.2 Å². The number of fused-ring (bicyclic) bond motifs is 7. The molecule has 5 aliphatic carbocycles. The molecule has 5 saturated carbocycles. The van der Waals surface area contributed by atoms with E-state index in [0.29, 0.717) is 49.2 Å². The summed E-state index contributed by atoms with van der Waals surface area (Å²) < 4.78 is 12.2. The summed E-state index contributed by atoms with van der Waals surface area (Å²) in [4.78, 5) is 38.3. The number of carbonyl (C=O) groups is 3. The highest BCUT2D eigenvalue weighted by Gasteiger charge is 2.71. The van der Waals surface area contributed by atoms with Gasteiger partial charge in [0.1, 0.15) is 6.10 Å². The molecule has 3 N–H and O–H groups in total. The van der Waals surface area contributed by atoms with E-state index < -0.39 is 11.4 Å². The summed E-state index contributed by atoms with van der Waals surface area (Å²) >= 11 is 0. The lowest BCUT2D eigenvalue weighted by Crippen LogP contribution is -2.67. The molecule has 1 saturated heterocycles. The Bertz CT molecular complexity index is 1370. The standard InChI is InChI=1S/C43H70N2O6/c1-27(2)29-12-17-43(22-34(46)45-26-28-25-44-20-21-50-28)19-18-41(8)30(37(29)43)10-11-32-40(7)15-14-33(39(5,6)31(40)13-16-42(32,41)9)51-36(49)24-38(3,4)23-35(47)48/h28-33,37,44H,1,10-26H2,2-9H3,(H,45,46)(H,47,48)/t28?,29-,30+,31?,32?,33-,37+,40-,41+,42+,43+/m0/s1. The molecule has 1 heterocycles. The lowest BCUT2D eigenvalue weighted by atomic mass is 9.32. The molecule has 0 radical (unpaired) electrons. The van der Waals surface area contributed by atoms with Crippen molar-refractivity contribution in [3.8, 4) is 0 Å². The number of carboxylic acid groups (broad SMARTS) is 1. The summed E-state index contributed by atoms with van der Waals surface area (Å²) in [5.74, 6) is 1.64. The fourth-order valence-electron chi connectivity index (χ4n) is 14.2. The summed E-state index contributed by atoms with van der Waals surface area (Å²) in [6.45, 7) is 26.0. The van der Waals surface area contributed by atoms with Crippen LogP contribution in [-0.4, -0.2) is 61.4 Å². The summed E-state index contributed by atoms with van der Waals surface area (Å²) in [7, 11) is 0. The van der Waals surface area contributed by atoms with Gasteiger partial charge in [0.05, 0.1) is 25.6 Å². The minimum atomic E-state index is -0.883. The van der Waals surface area contributed by atoms with Crippen LogP contribution in [-0.2, 0) is 23.9 Å². The van der Waals surface area contributed by atoms with Gasteiger partial charge in [0.2, 0.25) is 5.91 Å². The first-order valence-corrected chi connectivity index (χ1v) is 20.4. The number of hydrogen-bond acceptors (Lipinski definition) is 6. The zero-order valence-corrected chi connectivity index (χ0v) is 33.3. The Kier molecular flexibility index (Phi) is 10.4. The zero-order chi connectivity index (χ0) is 37.2. The van der Waals surface area contributed by atoms with Crippen LogP contribution in [0.1, 0.15) is 139 Å². The third-order valence-corrected chi connectivity index (χ3v) is 16.7. The minimum absolute atomic E-state index is 0.0385. The molecule has 288 valence electrons. The van der Waals surface area contributed by atoms with Crippen molar-refractivity contribution < 1.29 is 29.0 Å². The lowest BCUT2D eigenvalue weighted by molar-refractivity contribution is -0.250. The molecule has 6 fully saturated rings. The highest BCUT2D eigenvalue weighted by molar-refractivity contribution is 5.77. The second-order valence-corrected chi connectivity index (χ2v) is 20.5. The number of ether oxygens (including phenoxy) is 2. The number of esters is 1. The van der Waals surface area contributed by atoms with Crippen molar-refractivity contribution in [1.82, 2.24) is 10.6 Å². The van der Waals surface area contributed by atoms with Crippen molar-refractivity contribution >= 4 is 17.8 Å². The van der Waals surface area contributed by atoms with Gasteiger partial charge in [-0.2, -0.15) is 0 Å². The number of nitrogens with one attached hydrogen (secondary N) is 2.